The zero-order chi connectivity index (χ0) is 22.8. The number of thiophene rings is 1. The van der Waals surface area contributed by atoms with E-state index in [1.165, 1.54) is 17.8 Å². The fourth-order valence-electron chi connectivity index (χ4n) is 4.23. The lowest BCUT2D eigenvalue weighted by Gasteiger charge is -2.22. The highest BCUT2D eigenvalue weighted by atomic mass is 32.1. The van der Waals surface area contributed by atoms with Crippen LogP contribution >= 0.6 is 11.3 Å². The number of hydrogen-bond donors (Lipinski definition) is 4. The SMILES string of the molecule is O=C(Nc1[nH]c2cc(C(=O)NC3CCCCC3)sc2c1C(=O)NCC1CC1)c1ccccn1. The number of aromatic amines is 1. The van der Waals surface area contributed by atoms with E-state index in [4.69, 9.17) is 0 Å². The van der Waals surface area contributed by atoms with Gasteiger partial charge < -0.3 is 20.9 Å². The van der Waals surface area contributed by atoms with Gasteiger partial charge in [-0.1, -0.05) is 25.3 Å². The number of anilines is 1. The first-order valence-electron chi connectivity index (χ1n) is 11.6. The Balaban J connectivity index is 1.41. The zero-order valence-corrected chi connectivity index (χ0v) is 19.1. The highest BCUT2D eigenvalue weighted by Gasteiger charge is 2.27. The molecular weight excluding hydrogens is 438 g/mol. The van der Waals surface area contributed by atoms with Gasteiger partial charge in [0.2, 0.25) is 0 Å². The van der Waals surface area contributed by atoms with Crippen LogP contribution in [0.2, 0.25) is 0 Å². The first-order valence-corrected chi connectivity index (χ1v) is 12.4. The minimum absolute atomic E-state index is 0.111. The Labute approximate surface area is 195 Å². The van der Waals surface area contributed by atoms with Crippen molar-refractivity contribution in [1.29, 1.82) is 0 Å². The molecule has 4 N–H and O–H groups in total. The smallest absolute Gasteiger partial charge is 0.275 e. The summed E-state index contributed by atoms with van der Waals surface area (Å²) in [6, 6.07) is 7.04. The van der Waals surface area contributed by atoms with Gasteiger partial charge in [-0.25, -0.2) is 0 Å². The third kappa shape index (κ3) is 4.93. The molecule has 5 rings (SSSR count). The maximum Gasteiger partial charge on any atom is 0.275 e. The molecule has 3 heterocycles. The van der Waals surface area contributed by atoms with Gasteiger partial charge in [0.15, 0.2) is 0 Å². The van der Waals surface area contributed by atoms with Gasteiger partial charge in [0.1, 0.15) is 11.5 Å². The molecule has 33 heavy (non-hydrogen) atoms. The summed E-state index contributed by atoms with van der Waals surface area (Å²) >= 11 is 1.27. The Hall–Kier alpha value is -3.20. The maximum atomic E-state index is 13.1. The van der Waals surface area contributed by atoms with Crippen molar-refractivity contribution in [3.05, 3.63) is 46.6 Å². The number of hydrogen-bond acceptors (Lipinski definition) is 5. The fraction of sp³-hybridized carbons (Fsp3) is 0.417. The Morgan fingerprint density at radius 2 is 1.85 bits per heavy atom. The van der Waals surface area contributed by atoms with Crippen LogP contribution in [0.3, 0.4) is 0 Å². The number of amides is 3. The Kier molecular flexibility index (Phi) is 6.13. The molecule has 9 heteroatoms. The van der Waals surface area contributed by atoms with E-state index in [9.17, 15) is 14.4 Å². The van der Waals surface area contributed by atoms with E-state index >= 15 is 0 Å². The lowest BCUT2D eigenvalue weighted by Crippen LogP contribution is -2.35. The summed E-state index contributed by atoms with van der Waals surface area (Å²) in [6.45, 7) is 0.611. The number of carbonyl (C=O) groups excluding carboxylic acids is 3. The molecule has 2 saturated carbocycles. The van der Waals surface area contributed by atoms with E-state index in [0.29, 0.717) is 38.9 Å². The van der Waals surface area contributed by atoms with E-state index in [1.54, 1.807) is 30.5 Å². The average molecular weight is 466 g/mol. The molecule has 172 valence electrons. The number of fused-ring (bicyclic) bond motifs is 1. The molecule has 0 saturated heterocycles. The van der Waals surface area contributed by atoms with Crippen LogP contribution in [0.5, 0.6) is 0 Å². The van der Waals surface area contributed by atoms with Gasteiger partial charge in [-0.2, -0.15) is 0 Å². The van der Waals surface area contributed by atoms with E-state index in [1.807, 2.05) is 0 Å². The van der Waals surface area contributed by atoms with Crippen LogP contribution in [0.4, 0.5) is 5.82 Å². The van der Waals surface area contributed by atoms with E-state index < -0.39 is 5.91 Å². The normalized spacial score (nSPS) is 16.5. The molecule has 2 aliphatic carbocycles. The number of nitrogens with one attached hydrogen (secondary N) is 4. The van der Waals surface area contributed by atoms with Gasteiger partial charge in [0, 0.05) is 18.8 Å². The Morgan fingerprint density at radius 1 is 1.03 bits per heavy atom. The largest absolute Gasteiger partial charge is 0.352 e. The lowest BCUT2D eigenvalue weighted by atomic mass is 9.95. The predicted molar refractivity (Wildman–Crippen MR) is 128 cm³/mol. The van der Waals surface area contributed by atoms with Crippen molar-refractivity contribution < 1.29 is 14.4 Å². The summed E-state index contributed by atoms with van der Waals surface area (Å²) in [7, 11) is 0. The topological polar surface area (TPSA) is 116 Å². The third-order valence-electron chi connectivity index (χ3n) is 6.24. The summed E-state index contributed by atoms with van der Waals surface area (Å²) < 4.78 is 0.661. The van der Waals surface area contributed by atoms with Gasteiger partial charge in [-0.3, -0.25) is 19.4 Å². The molecule has 0 unspecified atom stereocenters. The van der Waals surface area contributed by atoms with Crippen molar-refractivity contribution in [2.45, 2.75) is 51.0 Å². The second-order valence-corrected chi connectivity index (χ2v) is 9.91. The van der Waals surface area contributed by atoms with E-state index in [2.05, 4.69) is 25.9 Å². The van der Waals surface area contributed by atoms with Gasteiger partial charge in [0.05, 0.1) is 20.7 Å². The highest BCUT2D eigenvalue weighted by Crippen LogP contribution is 2.35. The first kappa shape index (κ1) is 21.6. The summed E-state index contributed by atoms with van der Waals surface area (Å²) in [5.74, 6) is 0.0658. The summed E-state index contributed by atoms with van der Waals surface area (Å²) in [6.07, 6.45) is 9.30. The molecule has 0 spiro atoms. The van der Waals surface area contributed by atoms with Crippen molar-refractivity contribution >= 4 is 45.1 Å². The second-order valence-electron chi connectivity index (χ2n) is 8.86. The van der Waals surface area contributed by atoms with E-state index in [0.717, 1.165) is 38.5 Å². The van der Waals surface area contributed by atoms with Crippen molar-refractivity contribution in [2.75, 3.05) is 11.9 Å². The zero-order valence-electron chi connectivity index (χ0n) is 18.3. The van der Waals surface area contributed by atoms with Crippen molar-refractivity contribution in [1.82, 2.24) is 20.6 Å². The molecule has 3 aromatic heterocycles. The van der Waals surface area contributed by atoms with Crippen LogP contribution in [-0.4, -0.2) is 40.3 Å². The van der Waals surface area contributed by atoms with E-state index in [-0.39, 0.29) is 23.6 Å². The highest BCUT2D eigenvalue weighted by molar-refractivity contribution is 7.21. The summed E-state index contributed by atoms with van der Waals surface area (Å²) in [5, 5.41) is 8.90. The number of pyridine rings is 1. The van der Waals surface area contributed by atoms with Crippen LogP contribution < -0.4 is 16.0 Å². The molecule has 2 fully saturated rings. The van der Waals surface area contributed by atoms with Crippen molar-refractivity contribution in [3.8, 4) is 0 Å². The number of carbonyl (C=O) groups is 3. The predicted octanol–water partition coefficient (Wildman–Crippen LogP) is 4.08. The molecule has 3 aromatic rings. The van der Waals surface area contributed by atoms with Gasteiger partial charge >= 0.3 is 0 Å². The average Bonchev–Trinajstić information content (AvgIpc) is 3.48. The van der Waals surface area contributed by atoms with Crippen LogP contribution in [-0.2, 0) is 0 Å². The van der Waals surface area contributed by atoms with Crippen LogP contribution in [0.15, 0.2) is 30.5 Å². The Morgan fingerprint density at radius 3 is 2.58 bits per heavy atom. The molecule has 0 atom stereocenters. The molecule has 8 nitrogen and oxygen atoms in total. The van der Waals surface area contributed by atoms with Crippen LogP contribution in [0.25, 0.3) is 10.2 Å². The number of nitrogens with zero attached hydrogens (tertiary/aromatic N) is 1. The van der Waals surface area contributed by atoms with Crippen LogP contribution in [0.1, 0.15) is 75.5 Å². The molecule has 0 radical (unpaired) electrons. The second kappa shape index (κ2) is 9.35. The molecule has 2 aliphatic rings. The lowest BCUT2D eigenvalue weighted by molar-refractivity contribution is 0.0928. The minimum Gasteiger partial charge on any atom is -0.352 e. The molecule has 0 bridgehead atoms. The van der Waals surface area contributed by atoms with Crippen LogP contribution in [0, 0.1) is 5.92 Å². The Bertz CT molecular complexity index is 1180. The molecule has 0 aromatic carbocycles. The number of rotatable bonds is 7. The molecule has 3 amide bonds. The first-order chi connectivity index (χ1) is 16.1. The minimum atomic E-state index is -0.406. The number of aromatic nitrogens is 2. The maximum absolute atomic E-state index is 13.1. The molecule has 0 aliphatic heterocycles. The standard InChI is InChI=1S/C24H27N5O3S/c30-22(16-8-4-5-11-25-16)29-21-19(24(32)26-13-14-9-10-14)20-17(28-21)12-18(33-20)23(31)27-15-6-2-1-3-7-15/h4-5,8,11-12,14-15,28H,1-3,6-7,9-10,13H2,(H,26,32)(H,27,31)(H,29,30). The quantitative estimate of drug-likeness (QED) is 0.421. The molecular formula is C24H27N5O3S. The summed E-state index contributed by atoms with van der Waals surface area (Å²) in [4.78, 5) is 46.4. The van der Waals surface area contributed by atoms with Crippen molar-refractivity contribution in [3.63, 3.8) is 0 Å². The van der Waals surface area contributed by atoms with Gasteiger partial charge in [-0.15, -0.1) is 11.3 Å². The monoisotopic (exact) mass is 465 g/mol. The summed E-state index contributed by atoms with van der Waals surface area (Å²) in [5.41, 5.74) is 1.27. The fourth-order valence-corrected chi connectivity index (χ4v) is 5.29. The third-order valence-corrected chi connectivity index (χ3v) is 7.40. The van der Waals surface area contributed by atoms with Crippen molar-refractivity contribution in [2.24, 2.45) is 5.92 Å². The number of H-pyrrole nitrogens is 1. The van der Waals surface area contributed by atoms with Gasteiger partial charge in [-0.05, 0) is 49.8 Å². The van der Waals surface area contributed by atoms with Gasteiger partial charge in [0.25, 0.3) is 17.7 Å².